The van der Waals surface area contributed by atoms with Gasteiger partial charge in [-0.2, -0.15) is 0 Å². The van der Waals surface area contributed by atoms with Crippen molar-refractivity contribution in [1.29, 1.82) is 0 Å². The summed E-state index contributed by atoms with van der Waals surface area (Å²) in [5.41, 5.74) is -1.07. The van der Waals surface area contributed by atoms with Crippen molar-refractivity contribution in [3.05, 3.63) is 24.3 Å². The fourth-order valence-electron chi connectivity index (χ4n) is 1.85. The molecule has 0 aromatic carbocycles. The first-order valence-corrected chi connectivity index (χ1v) is 5.09. The minimum atomic E-state index is -1.07. The van der Waals surface area contributed by atoms with Crippen LogP contribution >= 0.6 is 0 Å². The summed E-state index contributed by atoms with van der Waals surface area (Å²) in [4.78, 5) is 31.3. The van der Waals surface area contributed by atoms with E-state index in [-0.39, 0.29) is 12.2 Å². The second-order valence-corrected chi connectivity index (χ2v) is 3.87. The van der Waals surface area contributed by atoms with Crippen LogP contribution in [0.2, 0.25) is 0 Å². The third-order valence-electron chi connectivity index (χ3n) is 2.91. The summed E-state index contributed by atoms with van der Waals surface area (Å²) in [7, 11) is 0. The first kappa shape index (κ1) is 10.7. The molecule has 1 aromatic heterocycles. The lowest BCUT2D eigenvalue weighted by Crippen LogP contribution is -2.36. The molecule has 0 bridgehead atoms. The molecule has 1 aromatic rings. The lowest BCUT2D eigenvalue weighted by Gasteiger charge is -2.19. The number of ketones is 1. The Balaban J connectivity index is 2.29. The minimum absolute atomic E-state index is 0.178. The highest BCUT2D eigenvalue weighted by atomic mass is 16.5. The summed E-state index contributed by atoms with van der Waals surface area (Å²) in [5, 5.41) is 0. The van der Waals surface area contributed by atoms with Crippen LogP contribution < -0.4 is 0 Å². The average molecular weight is 220 g/mol. The van der Waals surface area contributed by atoms with Gasteiger partial charge in [-0.05, 0) is 13.0 Å². The molecule has 1 unspecified atom stereocenters. The first-order valence-electron chi connectivity index (χ1n) is 5.09. The monoisotopic (exact) mass is 220 g/mol. The molecular weight excluding hydrogens is 208 g/mol. The Morgan fingerprint density at radius 3 is 2.69 bits per heavy atom. The number of carbonyl (C=O) groups is 2. The third-order valence-corrected chi connectivity index (χ3v) is 2.91. The highest BCUT2D eigenvalue weighted by Gasteiger charge is 2.49. The largest absolute Gasteiger partial charge is 0.465 e. The molecule has 0 N–H and O–H groups in total. The lowest BCUT2D eigenvalue weighted by atomic mass is 9.79. The predicted octanol–water partition coefficient (Wildman–Crippen LogP) is 0.541. The van der Waals surface area contributed by atoms with E-state index in [0.717, 1.165) is 0 Å². The summed E-state index contributed by atoms with van der Waals surface area (Å²) >= 11 is 0. The summed E-state index contributed by atoms with van der Waals surface area (Å²) in [6.07, 6.45) is 3.83. The quantitative estimate of drug-likeness (QED) is 0.549. The van der Waals surface area contributed by atoms with Crippen molar-refractivity contribution >= 4 is 11.8 Å². The van der Waals surface area contributed by atoms with Crippen molar-refractivity contribution in [3.8, 4) is 0 Å². The maximum absolute atomic E-state index is 11.6. The van der Waals surface area contributed by atoms with E-state index < -0.39 is 11.4 Å². The number of nitrogens with zero attached hydrogens (tertiary/aromatic N) is 2. The molecule has 0 aliphatic carbocycles. The zero-order chi connectivity index (χ0) is 11.6. The van der Waals surface area contributed by atoms with E-state index in [4.69, 9.17) is 4.74 Å². The topological polar surface area (TPSA) is 69.2 Å². The molecule has 1 aliphatic rings. The lowest BCUT2D eigenvalue weighted by molar-refractivity contribution is -0.150. The normalized spacial score (nSPS) is 24.2. The van der Waals surface area contributed by atoms with Gasteiger partial charge >= 0.3 is 5.97 Å². The van der Waals surface area contributed by atoms with E-state index in [9.17, 15) is 9.59 Å². The number of aromatic nitrogens is 2. The van der Waals surface area contributed by atoms with Crippen LogP contribution in [0.5, 0.6) is 0 Å². The van der Waals surface area contributed by atoms with E-state index >= 15 is 0 Å². The molecule has 0 saturated carbocycles. The number of Topliss-reactive ketones (excluding diaryl/α,β-unsaturated/α-hetero) is 1. The second kappa shape index (κ2) is 4.00. The fourth-order valence-corrected chi connectivity index (χ4v) is 1.85. The number of cyclic esters (lactones) is 1. The van der Waals surface area contributed by atoms with Gasteiger partial charge in [0.25, 0.3) is 0 Å². The van der Waals surface area contributed by atoms with Crippen molar-refractivity contribution in [2.24, 2.45) is 5.41 Å². The second-order valence-electron chi connectivity index (χ2n) is 3.87. The molecule has 5 heteroatoms. The smallest absolute Gasteiger partial charge is 0.320 e. The van der Waals surface area contributed by atoms with Gasteiger partial charge in [0.05, 0.1) is 6.61 Å². The number of ether oxygens (including phenoxy) is 1. The Morgan fingerprint density at radius 2 is 2.19 bits per heavy atom. The van der Waals surface area contributed by atoms with Gasteiger partial charge in [-0.25, -0.2) is 9.97 Å². The Kier molecular flexibility index (Phi) is 2.68. The van der Waals surface area contributed by atoms with Gasteiger partial charge in [0.2, 0.25) is 0 Å². The van der Waals surface area contributed by atoms with Crippen LogP contribution in [0.3, 0.4) is 0 Å². The van der Waals surface area contributed by atoms with Gasteiger partial charge in [0.15, 0.2) is 0 Å². The molecule has 2 rings (SSSR count). The van der Waals surface area contributed by atoms with Crippen LogP contribution in [0.1, 0.15) is 19.2 Å². The van der Waals surface area contributed by atoms with Gasteiger partial charge in [0, 0.05) is 25.2 Å². The highest BCUT2D eigenvalue weighted by Crippen LogP contribution is 2.34. The van der Waals surface area contributed by atoms with Crippen LogP contribution in [0.25, 0.3) is 0 Å². The van der Waals surface area contributed by atoms with Gasteiger partial charge in [-0.3, -0.25) is 9.59 Å². The average Bonchev–Trinajstić information content (AvgIpc) is 2.63. The number of carbonyl (C=O) groups excluding carboxylic acids is 2. The standard InChI is InChI=1S/C11H12N2O3/c1-8(14)11(3-6-16-10(11)15)7-9-12-4-2-5-13-9/h2,4-5H,3,6-7H2,1H3. The maximum Gasteiger partial charge on any atom is 0.320 e. The summed E-state index contributed by atoms with van der Waals surface area (Å²) in [5.74, 6) is -0.133. The molecule has 0 radical (unpaired) electrons. The summed E-state index contributed by atoms with van der Waals surface area (Å²) in [6.45, 7) is 1.71. The molecule has 1 saturated heterocycles. The summed E-state index contributed by atoms with van der Waals surface area (Å²) in [6, 6.07) is 1.69. The zero-order valence-electron chi connectivity index (χ0n) is 8.97. The van der Waals surface area contributed by atoms with Crippen LogP contribution in [-0.4, -0.2) is 28.3 Å². The number of hydrogen-bond acceptors (Lipinski definition) is 5. The molecule has 1 fully saturated rings. The van der Waals surface area contributed by atoms with Crippen molar-refractivity contribution in [1.82, 2.24) is 9.97 Å². The number of esters is 1. The van der Waals surface area contributed by atoms with Crippen LogP contribution in [-0.2, 0) is 20.7 Å². The van der Waals surface area contributed by atoms with E-state index in [0.29, 0.717) is 18.9 Å². The number of rotatable bonds is 3. The Hall–Kier alpha value is -1.78. The van der Waals surface area contributed by atoms with Gasteiger partial charge in [-0.15, -0.1) is 0 Å². The van der Waals surface area contributed by atoms with E-state index in [1.165, 1.54) is 6.92 Å². The molecule has 5 nitrogen and oxygen atoms in total. The van der Waals surface area contributed by atoms with E-state index in [1.54, 1.807) is 18.5 Å². The van der Waals surface area contributed by atoms with Gasteiger partial charge in [-0.1, -0.05) is 0 Å². The van der Waals surface area contributed by atoms with Crippen molar-refractivity contribution in [2.75, 3.05) is 6.61 Å². The van der Waals surface area contributed by atoms with Crippen molar-refractivity contribution in [2.45, 2.75) is 19.8 Å². The summed E-state index contributed by atoms with van der Waals surface area (Å²) < 4.78 is 4.89. The van der Waals surface area contributed by atoms with Gasteiger partial charge < -0.3 is 4.74 Å². The minimum Gasteiger partial charge on any atom is -0.465 e. The molecule has 0 spiro atoms. The predicted molar refractivity (Wildman–Crippen MR) is 54.4 cm³/mol. The molecule has 1 atom stereocenters. The molecule has 2 heterocycles. The van der Waals surface area contributed by atoms with Crippen LogP contribution in [0.15, 0.2) is 18.5 Å². The SMILES string of the molecule is CC(=O)C1(Cc2ncccn2)CCOC1=O. The third kappa shape index (κ3) is 1.68. The molecular formula is C11H12N2O3. The zero-order valence-corrected chi connectivity index (χ0v) is 8.97. The van der Waals surface area contributed by atoms with Crippen molar-refractivity contribution < 1.29 is 14.3 Å². The van der Waals surface area contributed by atoms with Crippen molar-refractivity contribution in [3.63, 3.8) is 0 Å². The Labute approximate surface area is 92.9 Å². The number of hydrogen-bond donors (Lipinski definition) is 0. The van der Waals surface area contributed by atoms with E-state index in [2.05, 4.69) is 9.97 Å². The molecule has 84 valence electrons. The Bertz CT molecular complexity index is 418. The van der Waals surface area contributed by atoms with Crippen LogP contribution in [0.4, 0.5) is 0 Å². The maximum atomic E-state index is 11.6. The Morgan fingerprint density at radius 1 is 1.50 bits per heavy atom. The molecule has 16 heavy (non-hydrogen) atoms. The van der Waals surface area contributed by atoms with E-state index in [1.807, 2.05) is 0 Å². The highest BCUT2D eigenvalue weighted by molar-refractivity contribution is 6.03. The molecule has 0 amide bonds. The fraction of sp³-hybridized carbons (Fsp3) is 0.455. The first-order chi connectivity index (χ1) is 7.65. The molecule has 1 aliphatic heterocycles. The van der Waals surface area contributed by atoms with Crippen LogP contribution in [0, 0.1) is 5.41 Å². The van der Waals surface area contributed by atoms with Gasteiger partial charge in [0.1, 0.15) is 17.0 Å².